The molecule has 0 aliphatic carbocycles. The Morgan fingerprint density at radius 1 is 1.43 bits per heavy atom. The van der Waals surface area contributed by atoms with E-state index in [1.165, 1.54) is 6.08 Å². The maximum Gasteiger partial charge on any atom is 0.255 e. The van der Waals surface area contributed by atoms with Gasteiger partial charge in [-0.25, -0.2) is 8.42 Å². The van der Waals surface area contributed by atoms with Gasteiger partial charge in [0.05, 0.1) is 17.4 Å². The van der Waals surface area contributed by atoms with Gasteiger partial charge in [0.15, 0.2) is 9.84 Å². The van der Waals surface area contributed by atoms with Crippen LogP contribution in [0.15, 0.2) is 47.9 Å². The molecule has 0 radical (unpaired) electrons. The molecule has 1 N–H and O–H groups in total. The lowest BCUT2D eigenvalue weighted by molar-refractivity contribution is 0.0944. The predicted molar refractivity (Wildman–Crippen MR) is 80.9 cm³/mol. The van der Waals surface area contributed by atoms with Crippen molar-refractivity contribution in [3.63, 3.8) is 0 Å². The Bertz CT molecular complexity index is 691. The number of rotatable bonds is 5. The molecule has 1 aromatic carbocycles. The number of carbonyl (C=O) groups is 1. The molecule has 0 saturated heterocycles. The fraction of sp³-hybridized carbons (Fsp3) is 0.267. The van der Waals surface area contributed by atoms with Gasteiger partial charge in [-0.1, -0.05) is 18.7 Å². The minimum Gasteiger partial charge on any atom is -0.488 e. The summed E-state index contributed by atoms with van der Waals surface area (Å²) in [6, 6.07) is 6.32. The molecule has 112 valence electrons. The normalized spacial score (nSPS) is 19.2. The zero-order valence-corrected chi connectivity index (χ0v) is 12.5. The molecule has 0 aromatic heterocycles. The lowest BCUT2D eigenvalue weighted by Crippen LogP contribution is -2.35. The molecule has 6 heteroatoms. The number of sulfone groups is 1. The van der Waals surface area contributed by atoms with Crippen molar-refractivity contribution in [1.29, 1.82) is 0 Å². The molecule has 1 aliphatic rings. The second-order valence-corrected chi connectivity index (χ2v) is 6.91. The molecule has 0 spiro atoms. The summed E-state index contributed by atoms with van der Waals surface area (Å²) in [7, 11) is -3.19. The Labute approximate surface area is 124 Å². The van der Waals surface area contributed by atoms with Gasteiger partial charge in [0.25, 0.3) is 5.91 Å². The summed E-state index contributed by atoms with van der Waals surface area (Å²) in [4.78, 5) is 12.2. The number of benzene rings is 1. The van der Waals surface area contributed by atoms with Gasteiger partial charge in [-0.05, 0) is 30.7 Å². The number of ether oxygens (including phenoxy) is 1. The molecule has 1 unspecified atom stereocenters. The first kappa shape index (κ1) is 15.3. The van der Waals surface area contributed by atoms with Crippen LogP contribution < -0.4 is 10.1 Å². The van der Waals surface area contributed by atoms with Crippen LogP contribution >= 0.6 is 0 Å². The first-order valence-corrected chi connectivity index (χ1v) is 8.17. The second-order valence-electron chi connectivity index (χ2n) is 4.98. The van der Waals surface area contributed by atoms with E-state index < -0.39 is 15.9 Å². The first-order valence-electron chi connectivity index (χ1n) is 6.45. The fourth-order valence-corrected chi connectivity index (χ4v) is 3.13. The number of hydrogen-bond donors (Lipinski definition) is 1. The summed E-state index contributed by atoms with van der Waals surface area (Å²) in [5.41, 5.74) is 1.21. The Morgan fingerprint density at radius 3 is 2.76 bits per heavy atom. The number of nitrogens with one attached hydrogen (secondary N) is 1. The Kier molecular flexibility index (Phi) is 4.47. The van der Waals surface area contributed by atoms with Crippen LogP contribution in [-0.2, 0) is 9.84 Å². The van der Waals surface area contributed by atoms with Gasteiger partial charge in [0.1, 0.15) is 12.4 Å². The monoisotopic (exact) mass is 307 g/mol. The minimum atomic E-state index is -3.19. The van der Waals surface area contributed by atoms with E-state index in [2.05, 4.69) is 11.9 Å². The number of carbonyl (C=O) groups excluding carboxylic acids is 1. The summed E-state index contributed by atoms with van der Waals surface area (Å²) in [5.74, 6) is -0.0185. The summed E-state index contributed by atoms with van der Waals surface area (Å²) in [5, 5.41) is 3.80. The average Bonchev–Trinajstić information content (AvgIpc) is 2.75. The molecule has 0 saturated carbocycles. The molecule has 1 aromatic rings. The SMILES string of the molecule is C=C(C)COc1ccccc1C(=O)NC1C=CS(=O)(=O)C1. The molecule has 21 heavy (non-hydrogen) atoms. The summed E-state index contributed by atoms with van der Waals surface area (Å²) < 4.78 is 28.2. The van der Waals surface area contributed by atoms with Crippen LogP contribution in [0.1, 0.15) is 17.3 Å². The molecule has 0 bridgehead atoms. The summed E-state index contributed by atoms with van der Waals surface area (Å²) in [6.45, 7) is 5.89. The molecule has 2 rings (SSSR count). The van der Waals surface area contributed by atoms with Crippen LogP contribution in [0.2, 0.25) is 0 Å². The second kappa shape index (κ2) is 6.13. The maximum absolute atomic E-state index is 12.2. The number of para-hydroxylation sites is 1. The quantitative estimate of drug-likeness (QED) is 0.840. The van der Waals surface area contributed by atoms with E-state index in [0.29, 0.717) is 17.9 Å². The maximum atomic E-state index is 12.2. The van der Waals surface area contributed by atoms with E-state index in [-0.39, 0.29) is 11.7 Å². The summed E-state index contributed by atoms with van der Waals surface area (Å²) >= 11 is 0. The van der Waals surface area contributed by atoms with Crippen molar-refractivity contribution in [1.82, 2.24) is 5.32 Å². The number of amides is 1. The molecule has 5 nitrogen and oxygen atoms in total. The third kappa shape index (κ3) is 4.19. The van der Waals surface area contributed by atoms with Crippen LogP contribution in [-0.4, -0.2) is 32.7 Å². The van der Waals surface area contributed by atoms with Crippen LogP contribution in [0, 0.1) is 0 Å². The van der Waals surface area contributed by atoms with E-state index in [4.69, 9.17) is 4.74 Å². The van der Waals surface area contributed by atoms with Crippen LogP contribution in [0.25, 0.3) is 0 Å². The highest BCUT2D eigenvalue weighted by molar-refractivity contribution is 7.94. The summed E-state index contributed by atoms with van der Waals surface area (Å²) in [6.07, 6.45) is 1.48. The Hall–Kier alpha value is -2.08. The van der Waals surface area contributed by atoms with Gasteiger partial charge < -0.3 is 10.1 Å². The molecule has 1 aliphatic heterocycles. The fourth-order valence-electron chi connectivity index (χ4n) is 1.89. The van der Waals surface area contributed by atoms with Crippen molar-refractivity contribution in [3.8, 4) is 5.75 Å². The zero-order chi connectivity index (χ0) is 15.5. The van der Waals surface area contributed by atoms with Gasteiger partial charge in [-0.2, -0.15) is 0 Å². The highest BCUT2D eigenvalue weighted by Crippen LogP contribution is 2.19. The van der Waals surface area contributed by atoms with Crippen LogP contribution in [0.4, 0.5) is 0 Å². The Balaban J connectivity index is 2.09. The molecule has 1 atom stereocenters. The lowest BCUT2D eigenvalue weighted by Gasteiger charge is -2.13. The highest BCUT2D eigenvalue weighted by atomic mass is 32.2. The number of hydrogen-bond acceptors (Lipinski definition) is 4. The van der Waals surface area contributed by atoms with Gasteiger partial charge in [0, 0.05) is 5.41 Å². The predicted octanol–water partition coefficient (Wildman–Crippen LogP) is 1.68. The molecular weight excluding hydrogens is 290 g/mol. The van der Waals surface area contributed by atoms with Gasteiger partial charge in [-0.15, -0.1) is 0 Å². The smallest absolute Gasteiger partial charge is 0.255 e. The van der Waals surface area contributed by atoms with E-state index in [9.17, 15) is 13.2 Å². The third-order valence-corrected chi connectivity index (χ3v) is 4.25. The zero-order valence-electron chi connectivity index (χ0n) is 11.7. The molecule has 0 fully saturated rings. The highest BCUT2D eigenvalue weighted by Gasteiger charge is 2.24. The van der Waals surface area contributed by atoms with Crippen molar-refractivity contribution >= 4 is 15.7 Å². The molecule has 1 amide bonds. The van der Waals surface area contributed by atoms with E-state index >= 15 is 0 Å². The van der Waals surface area contributed by atoms with Crippen molar-refractivity contribution in [3.05, 3.63) is 53.5 Å². The van der Waals surface area contributed by atoms with Crippen molar-refractivity contribution < 1.29 is 17.9 Å². The van der Waals surface area contributed by atoms with E-state index in [0.717, 1.165) is 11.0 Å². The van der Waals surface area contributed by atoms with Crippen molar-refractivity contribution in [2.45, 2.75) is 13.0 Å². The van der Waals surface area contributed by atoms with Crippen molar-refractivity contribution in [2.24, 2.45) is 0 Å². The first-order chi connectivity index (χ1) is 9.87. The largest absolute Gasteiger partial charge is 0.488 e. The van der Waals surface area contributed by atoms with E-state index in [1.807, 2.05) is 6.92 Å². The van der Waals surface area contributed by atoms with Gasteiger partial charge >= 0.3 is 0 Å². The lowest BCUT2D eigenvalue weighted by atomic mass is 10.1. The minimum absolute atomic E-state index is 0.104. The average molecular weight is 307 g/mol. The van der Waals surface area contributed by atoms with Gasteiger partial charge in [0.2, 0.25) is 0 Å². The van der Waals surface area contributed by atoms with Crippen LogP contribution in [0.5, 0.6) is 5.75 Å². The molecule has 1 heterocycles. The topological polar surface area (TPSA) is 72.5 Å². The van der Waals surface area contributed by atoms with Gasteiger partial charge in [-0.3, -0.25) is 4.79 Å². The third-order valence-electron chi connectivity index (χ3n) is 2.85. The molecular formula is C15H17NO4S. The van der Waals surface area contributed by atoms with Crippen LogP contribution in [0.3, 0.4) is 0 Å². The standard InChI is InChI=1S/C15H17NO4S/c1-11(2)9-20-14-6-4-3-5-13(14)15(17)16-12-7-8-21(18,19)10-12/h3-8,12H,1,9-10H2,2H3,(H,16,17). The Morgan fingerprint density at radius 2 is 2.14 bits per heavy atom. The van der Waals surface area contributed by atoms with E-state index in [1.54, 1.807) is 24.3 Å². The van der Waals surface area contributed by atoms with Crippen molar-refractivity contribution in [2.75, 3.05) is 12.4 Å².